The van der Waals surface area contributed by atoms with E-state index in [4.69, 9.17) is 11.6 Å². The van der Waals surface area contributed by atoms with E-state index in [-0.39, 0.29) is 5.91 Å². The molecule has 6 heteroatoms. The molecular weight excluding hydrogens is 372 g/mol. The van der Waals surface area contributed by atoms with Gasteiger partial charge in [-0.3, -0.25) is 4.79 Å². The van der Waals surface area contributed by atoms with Crippen LogP contribution < -0.4 is 10.6 Å². The summed E-state index contributed by atoms with van der Waals surface area (Å²) in [6, 6.07) is 19.5. The molecule has 0 saturated carbocycles. The fraction of sp³-hybridized carbons (Fsp3) is 0.227. The maximum absolute atomic E-state index is 12.4. The molecule has 1 heterocycles. The smallest absolute Gasteiger partial charge is 0.270 e. The van der Waals surface area contributed by atoms with E-state index in [0.29, 0.717) is 29.8 Å². The third kappa shape index (κ3) is 6.06. The lowest BCUT2D eigenvalue weighted by Crippen LogP contribution is -2.26. The Morgan fingerprint density at radius 3 is 2.50 bits per heavy atom. The lowest BCUT2D eigenvalue weighted by Gasteiger charge is -2.09. The number of rotatable bonds is 8. The van der Waals surface area contributed by atoms with Crippen LogP contribution in [0.15, 0.2) is 60.7 Å². The molecule has 3 aromatic rings. The fourth-order valence-electron chi connectivity index (χ4n) is 2.78. The summed E-state index contributed by atoms with van der Waals surface area (Å²) in [6.07, 6.45) is 1.80. The van der Waals surface area contributed by atoms with Crippen LogP contribution >= 0.6 is 11.6 Å². The highest BCUT2D eigenvalue weighted by molar-refractivity contribution is 6.30. The molecule has 0 aliphatic carbocycles. The number of benzene rings is 2. The van der Waals surface area contributed by atoms with Gasteiger partial charge < -0.3 is 10.6 Å². The molecule has 1 amide bonds. The minimum Gasteiger partial charge on any atom is -0.351 e. The largest absolute Gasteiger partial charge is 0.351 e. The molecule has 0 fully saturated rings. The van der Waals surface area contributed by atoms with Gasteiger partial charge in [-0.25, -0.2) is 9.97 Å². The van der Waals surface area contributed by atoms with Crippen molar-refractivity contribution < 1.29 is 4.79 Å². The molecule has 0 saturated heterocycles. The number of carbonyl (C=O) groups excluding carboxylic acids is 1. The fourth-order valence-corrected chi connectivity index (χ4v) is 2.90. The molecule has 0 atom stereocenters. The van der Waals surface area contributed by atoms with Crippen molar-refractivity contribution in [2.45, 2.75) is 26.3 Å². The average molecular weight is 395 g/mol. The highest BCUT2D eigenvalue weighted by Crippen LogP contribution is 2.11. The molecular formula is C22H23ClN4O. The molecule has 5 nitrogen and oxygen atoms in total. The van der Waals surface area contributed by atoms with Crippen molar-refractivity contribution in [1.82, 2.24) is 15.3 Å². The quantitative estimate of drug-likeness (QED) is 0.555. The van der Waals surface area contributed by atoms with Gasteiger partial charge in [0.25, 0.3) is 5.91 Å². The first-order chi connectivity index (χ1) is 13.6. The summed E-state index contributed by atoms with van der Waals surface area (Å²) < 4.78 is 0. The van der Waals surface area contributed by atoms with E-state index in [2.05, 4.69) is 32.7 Å². The SMILES string of the molecule is Cc1cc(C(=O)NCCCc2ccccc2)nc(NCc2ccc(Cl)cc2)n1. The Morgan fingerprint density at radius 1 is 1.00 bits per heavy atom. The number of nitrogens with one attached hydrogen (secondary N) is 2. The van der Waals surface area contributed by atoms with Crippen molar-refractivity contribution in [1.29, 1.82) is 0 Å². The minimum atomic E-state index is -0.187. The molecule has 0 unspecified atom stereocenters. The number of amides is 1. The van der Waals surface area contributed by atoms with E-state index in [1.54, 1.807) is 6.07 Å². The van der Waals surface area contributed by atoms with Gasteiger partial charge in [0.15, 0.2) is 0 Å². The topological polar surface area (TPSA) is 66.9 Å². The van der Waals surface area contributed by atoms with E-state index in [0.717, 1.165) is 24.1 Å². The Bertz CT molecular complexity index is 914. The summed E-state index contributed by atoms with van der Waals surface area (Å²) in [5, 5.41) is 6.79. The molecule has 3 rings (SSSR count). The number of carbonyl (C=O) groups is 1. The average Bonchev–Trinajstić information content (AvgIpc) is 2.71. The predicted molar refractivity (Wildman–Crippen MR) is 113 cm³/mol. The van der Waals surface area contributed by atoms with Crippen LogP contribution in [-0.2, 0) is 13.0 Å². The first-order valence-electron chi connectivity index (χ1n) is 9.26. The third-order valence-electron chi connectivity index (χ3n) is 4.22. The van der Waals surface area contributed by atoms with Crippen molar-refractivity contribution >= 4 is 23.5 Å². The number of hydrogen-bond donors (Lipinski definition) is 2. The van der Waals surface area contributed by atoms with Gasteiger partial charge in [-0.2, -0.15) is 0 Å². The lowest BCUT2D eigenvalue weighted by atomic mass is 10.1. The van der Waals surface area contributed by atoms with E-state index in [1.165, 1.54) is 5.56 Å². The van der Waals surface area contributed by atoms with Gasteiger partial charge in [0, 0.05) is 23.8 Å². The zero-order chi connectivity index (χ0) is 19.8. The summed E-state index contributed by atoms with van der Waals surface area (Å²) in [5.74, 6) is 0.248. The second kappa shape index (κ2) is 9.85. The predicted octanol–water partition coefficient (Wildman–Crippen LogP) is 4.41. The standard InChI is InChI=1S/C22H23ClN4O/c1-16-14-20(21(28)24-13-5-8-17-6-3-2-4-7-17)27-22(26-16)25-15-18-9-11-19(23)12-10-18/h2-4,6-7,9-12,14H,5,8,13,15H2,1H3,(H,24,28)(H,25,26,27). The first kappa shape index (κ1) is 19.8. The van der Waals surface area contributed by atoms with Crippen molar-refractivity contribution in [3.05, 3.63) is 88.2 Å². The molecule has 0 spiro atoms. The van der Waals surface area contributed by atoms with Crippen molar-refractivity contribution in [2.75, 3.05) is 11.9 Å². The lowest BCUT2D eigenvalue weighted by molar-refractivity contribution is 0.0948. The third-order valence-corrected chi connectivity index (χ3v) is 4.47. The Morgan fingerprint density at radius 2 is 1.75 bits per heavy atom. The number of aryl methyl sites for hydroxylation is 2. The minimum absolute atomic E-state index is 0.187. The monoisotopic (exact) mass is 394 g/mol. The van der Waals surface area contributed by atoms with E-state index in [9.17, 15) is 4.79 Å². The van der Waals surface area contributed by atoms with Gasteiger partial charge in [-0.15, -0.1) is 0 Å². The van der Waals surface area contributed by atoms with Crippen LogP contribution in [0, 0.1) is 6.92 Å². The normalized spacial score (nSPS) is 10.5. The Balaban J connectivity index is 1.52. The maximum Gasteiger partial charge on any atom is 0.270 e. The van der Waals surface area contributed by atoms with Crippen LogP contribution in [0.4, 0.5) is 5.95 Å². The van der Waals surface area contributed by atoms with Gasteiger partial charge in [-0.05, 0) is 49.1 Å². The summed E-state index contributed by atoms with van der Waals surface area (Å²) >= 11 is 5.90. The number of aromatic nitrogens is 2. The van der Waals surface area contributed by atoms with Crippen molar-refractivity contribution in [2.24, 2.45) is 0 Å². The van der Waals surface area contributed by atoms with Crippen LogP contribution in [0.2, 0.25) is 5.02 Å². The van der Waals surface area contributed by atoms with Crippen LogP contribution in [0.25, 0.3) is 0 Å². The zero-order valence-electron chi connectivity index (χ0n) is 15.8. The van der Waals surface area contributed by atoms with Gasteiger partial charge in [0.1, 0.15) is 5.69 Å². The Hall–Kier alpha value is -2.92. The van der Waals surface area contributed by atoms with Crippen molar-refractivity contribution in [3.8, 4) is 0 Å². The second-order valence-corrected chi connectivity index (χ2v) is 6.98. The number of halogens is 1. The van der Waals surface area contributed by atoms with Crippen LogP contribution in [-0.4, -0.2) is 22.4 Å². The summed E-state index contributed by atoms with van der Waals surface area (Å²) in [4.78, 5) is 21.1. The van der Waals surface area contributed by atoms with Gasteiger partial charge >= 0.3 is 0 Å². The number of nitrogens with zero attached hydrogens (tertiary/aromatic N) is 2. The molecule has 28 heavy (non-hydrogen) atoms. The van der Waals surface area contributed by atoms with Gasteiger partial charge in [0.05, 0.1) is 0 Å². The molecule has 2 N–H and O–H groups in total. The molecule has 0 bridgehead atoms. The Kier molecular flexibility index (Phi) is 6.98. The molecule has 2 aromatic carbocycles. The first-order valence-corrected chi connectivity index (χ1v) is 9.64. The van der Waals surface area contributed by atoms with E-state index < -0.39 is 0 Å². The van der Waals surface area contributed by atoms with Crippen LogP contribution in [0.1, 0.15) is 33.7 Å². The van der Waals surface area contributed by atoms with Crippen molar-refractivity contribution in [3.63, 3.8) is 0 Å². The number of hydrogen-bond acceptors (Lipinski definition) is 4. The highest BCUT2D eigenvalue weighted by atomic mass is 35.5. The molecule has 0 aliphatic heterocycles. The summed E-state index contributed by atoms with van der Waals surface area (Å²) in [7, 11) is 0. The van der Waals surface area contributed by atoms with Gasteiger partial charge in [-0.1, -0.05) is 54.1 Å². The molecule has 1 aromatic heterocycles. The van der Waals surface area contributed by atoms with E-state index >= 15 is 0 Å². The van der Waals surface area contributed by atoms with Gasteiger partial charge in [0.2, 0.25) is 5.95 Å². The van der Waals surface area contributed by atoms with Crippen LogP contribution in [0.5, 0.6) is 0 Å². The second-order valence-electron chi connectivity index (χ2n) is 6.54. The van der Waals surface area contributed by atoms with Crippen LogP contribution in [0.3, 0.4) is 0 Å². The zero-order valence-corrected chi connectivity index (χ0v) is 16.5. The Labute approximate surface area is 170 Å². The van der Waals surface area contributed by atoms with E-state index in [1.807, 2.05) is 49.4 Å². The number of anilines is 1. The molecule has 0 aliphatic rings. The maximum atomic E-state index is 12.4. The molecule has 0 radical (unpaired) electrons. The summed E-state index contributed by atoms with van der Waals surface area (Å²) in [5.41, 5.74) is 3.43. The summed E-state index contributed by atoms with van der Waals surface area (Å²) in [6.45, 7) is 3.00. The highest BCUT2D eigenvalue weighted by Gasteiger charge is 2.10. The molecule has 144 valence electrons.